The van der Waals surface area contributed by atoms with E-state index in [1.807, 2.05) is 115 Å². The molecule has 5 heteroatoms. The van der Waals surface area contributed by atoms with Crippen LogP contribution in [0.15, 0.2) is 115 Å². The van der Waals surface area contributed by atoms with E-state index in [1.54, 1.807) is 7.11 Å². The van der Waals surface area contributed by atoms with E-state index in [2.05, 4.69) is 5.32 Å². The Bertz CT molecular complexity index is 1180. The second-order valence-electron chi connectivity index (χ2n) is 8.45. The Labute approximate surface area is 211 Å². The molecular weight excluding hydrogens is 450 g/mol. The molecule has 0 saturated carbocycles. The maximum Gasteiger partial charge on any atom is 0.328 e. The summed E-state index contributed by atoms with van der Waals surface area (Å²) >= 11 is 0. The van der Waals surface area contributed by atoms with Gasteiger partial charge in [0.15, 0.2) is 0 Å². The lowest BCUT2D eigenvalue weighted by Gasteiger charge is -2.35. The van der Waals surface area contributed by atoms with E-state index in [4.69, 9.17) is 9.47 Å². The molecule has 0 bridgehead atoms. The van der Waals surface area contributed by atoms with Crippen LogP contribution in [0.25, 0.3) is 0 Å². The van der Waals surface area contributed by atoms with Crippen LogP contribution in [0.1, 0.15) is 22.3 Å². The van der Waals surface area contributed by atoms with Crippen LogP contribution in [0.5, 0.6) is 5.75 Å². The van der Waals surface area contributed by atoms with Gasteiger partial charge in [-0.25, -0.2) is 4.79 Å². The molecule has 0 saturated heterocycles. The zero-order chi connectivity index (χ0) is 25.4. The van der Waals surface area contributed by atoms with Crippen LogP contribution >= 0.6 is 0 Å². The van der Waals surface area contributed by atoms with Crippen LogP contribution in [0.3, 0.4) is 0 Å². The number of benzene rings is 4. The lowest BCUT2D eigenvalue weighted by molar-refractivity contribution is -0.145. The third-order valence-electron chi connectivity index (χ3n) is 6.35. The molecule has 182 valence electrons. The molecule has 0 aliphatic carbocycles. The van der Waals surface area contributed by atoms with Crippen LogP contribution in [0, 0.1) is 0 Å². The van der Waals surface area contributed by atoms with E-state index in [0.29, 0.717) is 5.75 Å². The number of esters is 1. The second kappa shape index (κ2) is 11.4. The molecule has 4 aromatic rings. The van der Waals surface area contributed by atoms with Crippen molar-refractivity contribution >= 4 is 11.9 Å². The van der Waals surface area contributed by atoms with Crippen LogP contribution in [0.4, 0.5) is 0 Å². The van der Waals surface area contributed by atoms with E-state index in [-0.39, 0.29) is 12.3 Å². The number of hydrogen-bond acceptors (Lipinski definition) is 4. The fraction of sp³-hybridized carbons (Fsp3) is 0.161. The summed E-state index contributed by atoms with van der Waals surface area (Å²) in [6, 6.07) is 35.4. The van der Waals surface area contributed by atoms with Gasteiger partial charge in [-0.1, -0.05) is 103 Å². The first-order valence-corrected chi connectivity index (χ1v) is 11.8. The molecule has 0 aliphatic rings. The van der Waals surface area contributed by atoms with Gasteiger partial charge in [0.1, 0.15) is 17.2 Å². The Hall–Kier alpha value is -4.38. The third kappa shape index (κ3) is 5.01. The zero-order valence-electron chi connectivity index (χ0n) is 20.4. The van der Waals surface area contributed by atoms with Crippen LogP contribution in [-0.2, 0) is 26.2 Å². The number of carbonyl (C=O) groups excluding carboxylic acids is 2. The van der Waals surface area contributed by atoms with Gasteiger partial charge in [-0.15, -0.1) is 0 Å². The van der Waals surface area contributed by atoms with Crippen molar-refractivity contribution in [2.24, 2.45) is 0 Å². The molecule has 0 heterocycles. The lowest BCUT2D eigenvalue weighted by atomic mass is 9.68. The second-order valence-corrected chi connectivity index (χ2v) is 8.45. The van der Waals surface area contributed by atoms with Crippen LogP contribution in [0.2, 0.25) is 0 Å². The van der Waals surface area contributed by atoms with Crippen LogP contribution in [-0.4, -0.2) is 32.1 Å². The third-order valence-corrected chi connectivity index (χ3v) is 6.35. The first kappa shape index (κ1) is 24.7. The summed E-state index contributed by atoms with van der Waals surface area (Å²) in [5, 5.41) is 3.04. The van der Waals surface area contributed by atoms with Gasteiger partial charge < -0.3 is 14.8 Å². The quantitative estimate of drug-likeness (QED) is 0.273. The Balaban J connectivity index is 1.81. The van der Waals surface area contributed by atoms with Gasteiger partial charge in [-0.2, -0.15) is 0 Å². The summed E-state index contributed by atoms with van der Waals surface area (Å²) in [6.07, 6.45) is 0.275. The predicted octanol–water partition coefficient (Wildman–Crippen LogP) is 4.93. The van der Waals surface area contributed by atoms with Crippen molar-refractivity contribution < 1.29 is 19.1 Å². The van der Waals surface area contributed by atoms with E-state index >= 15 is 0 Å². The number of carbonyl (C=O) groups is 2. The first-order valence-electron chi connectivity index (χ1n) is 11.8. The van der Waals surface area contributed by atoms with Crippen molar-refractivity contribution in [1.82, 2.24) is 5.32 Å². The smallest absolute Gasteiger partial charge is 0.328 e. The molecular formula is C31H29NO4. The maximum absolute atomic E-state index is 14.4. The molecule has 4 rings (SSSR count). The molecule has 0 spiro atoms. The van der Waals surface area contributed by atoms with E-state index in [9.17, 15) is 9.59 Å². The number of amides is 1. The summed E-state index contributed by atoms with van der Waals surface area (Å²) in [5.41, 5.74) is 2.08. The topological polar surface area (TPSA) is 64.6 Å². The highest BCUT2D eigenvalue weighted by atomic mass is 16.5. The Morgan fingerprint density at radius 1 is 0.694 bits per heavy atom. The Morgan fingerprint density at radius 2 is 1.14 bits per heavy atom. The van der Waals surface area contributed by atoms with Crippen molar-refractivity contribution in [2.45, 2.75) is 17.9 Å². The minimum Gasteiger partial charge on any atom is -0.497 e. The molecule has 1 N–H and O–H groups in total. The fourth-order valence-electron chi connectivity index (χ4n) is 4.56. The van der Waals surface area contributed by atoms with Gasteiger partial charge in [0.25, 0.3) is 0 Å². The molecule has 0 aliphatic heterocycles. The van der Waals surface area contributed by atoms with Gasteiger partial charge in [0, 0.05) is 6.42 Å². The number of nitrogens with one attached hydrogen (secondary N) is 1. The molecule has 36 heavy (non-hydrogen) atoms. The molecule has 4 aromatic carbocycles. The normalized spacial score (nSPS) is 11.8. The highest BCUT2D eigenvalue weighted by Gasteiger charge is 2.45. The highest BCUT2D eigenvalue weighted by Crippen LogP contribution is 2.39. The minimum absolute atomic E-state index is 0.275. The average Bonchev–Trinajstić information content (AvgIpc) is 2.95. The van der Waals surface area contributed by atoms with Crippen molar-refractivity contribution in [3.8, 4) is 5.75 Å². The SMILES string of the molecule is COC(=O)[C@H](Cc1ccc(OC)cc1)NC(=O)C(c1ccccc1)(c1ccccc1)c1ccccc1. The van der Waals surface area contributed by atoms with Crippen LogP contribution < -0.4 is 10.1 Å². The Morgan fingerprint density at radius 3 is 1.53 bits per heavy atom. The molecule has 1 amide bonds. The van der Waals surface area contributed by atoms with Gasteiger partial charge in [0.05, 0.1) is 14.2 Å². The number of methoxy groups -OCH3 is 2. The lowest BCUT2D eigenvalue weighted by Crippen LogP contribution is -2.52. The maximum atomic E-state index is 14.4. The van der Waals surface area contributed by atoms with Gasteiger partial charge >= 0.3 is 5.97 Å². The number of ether oxygens (including phenoxy) is 2. The van der Waals surface area contributed by atoms with Crippen molar-refractivity contribution in [2.75, 3.05) is 14.2 Å². The largest absolute Gasteiger partial charge is 0.497 e. The standard InChI is InChI=1S/C31H29NO4/c1-35-27-20-18-23(19-21-27)22-28(29(33)36-2)32-30(34)31(24-12-6-3-7-13-24,25-14-8-4-9-15-25)26-16-10-5-11-17-26/h3-21,28H,22H2,1-2H3,(H,32,34)/t28-/m0/s1. The molecule has 1 atom stereocenters. The highest BCUT2D eigenvalue weighted by molar-refractivity contribution is 5.98. The molecule has 0 fully saturated rings. The van der Waals surface area contributed by atoms with Crippen molar-refractivity contribution in [1.29, 1.82) is 0 Å². The number of rotatable bonds is 9. The summed E-state index contributed by atoms with van der Waals surface area (Å²) in [5.74, 6) is -0.106. The van der Waals surface area contributed by atoms with Crippen molar-refractivity contribution in [3.63, 3.8) is 0 Å². The van der Waals surface area contributed by atoms with Gasteiger partial charge in [-0.3, -0.25) is 4.79 Å². The predicted molar refractivity (Wildman–Crippen MR) is 140 cm³/mol. The van der Waals surface area contributed by atoms with Crippen molar-refractivity contribution in [3.05, 3.63) is 138 Å². The first-order chi connectivity index (χ1) is 17.6. The van der Waals surface area contributed by atoms with Gasteiger partial charge in [-0.05, 0) is 34.4 Å². The minimum atomic E-state index is -1.18. The molecule has 0 radical (unpaired) electrons. The monoisotopic (exact) mass is 479 g/mol. The Kier molecular flexibility index (Phi) is 7.81. The molecule has 0 unspecified atom stereocenters. The zero-order valence-corrected chi connectivity index (χ0v) is 20.4. The van der Waals surface area contributed by atoms with E-state index in [0.717, 1.165) is 22.3 Å². The fourth-order valence-corrected chi connectivity index (χ4v) is 4.56. The molecule has 5 nitrogen and oxygen atoms in total. The number of hydrogen-bond donors (Lipinski definition) is 1. The van der Waals surface area contributed by atoms with E-state index < -0.39 is 17.4 Å². The summed E-state index contributed by atoms with van der Waals surface area (Å²) in [4.78, 5) is 27.3. The van der Waals surface area contributed by atoms with Gasteiger partial charge in [0.2, 0.25) is 5.91 Å². The summed E-state index contributed by atoms with van der Waals surface area (Å²) in [7, 11) is 2.93. The molecule has 0 aromatic heterocycles. The van der Waals surface area contributed by atoms with E-state index in [1.165, 1.54) is 7.11 Å². The summed E-state index contributed by atoms with van der Waals surface area (Å²) in [6.45, 7) is 0. The summed E-state index contributed by atoms with van der Waals surface area (Å²) < 4.78 is 10.3. The average molecular weight is 480 g/mol.